The summed E-state index contributed by atoms with van der Waals surface area (Å²) in [6.45, 7) is 3.71. The minimum atomic E-state index is -4.22. The average molecular weight is 309 g/mol. The number of alkyl halides is 3. The minimum Gasteiger partial charge on any atom is -0.368 e. The first kappa shape index (κ1) is 18.2. The fraction of sp³-hybridized carbons (Fsp3) is 0.929. The number of nitrogens with zero attached hydrogens (tertiary/aromatic N) is 1. The monoisotopic (exact) mass is 309 g/mol. The molecule has 21 heavy (non-hydrogen) atoms. The van der Waals surface area contributed by atoms with E-state index < -0.39 is 24.2 Å². The normalized spacial score (nSPS) is 27.0. The summed E-state index contributed by atoms with van der Waals surface area (Å²) in [7, 11) is 0. The second kappa shape index (κ2) is 7.45. The zero-order valence-electron chi connectivity index (χ0n) is 12.8. The maximum absolute atomic E-state index is 12.7. The van der Waals surface area contributed by atoms with Gasteiger partial charge in [-0.05, 0) is 45.2 Å². The third-order valence-electron chi connectivity index (χ3n) is 4.21. The molecule has 0 radical (unpaired) electrons. The van der Waals surface area contributed by atoms with Crippen LogP contribution < -0.4 is 11.1 Å². The standard InChI is InChI=1S/C14H26F3N3O/c1-3-8-19-13(12(18)21)7-5-6-11(9-13)20(4-2)10-14(15,16)17/h11,19H,3-10H2,1-2H3,(H2,18,21). The molecule has 4 nitrogen and oxygen atoms in total. The molecule has 0 saturated heterocycles. The maximum Gasteiger partial charge on any atom is 0.401 e. The number of hydrogen-bond acceptors (Lipinski definition) is 3. The van der Waals surface area contributed by atoms with E-state index in [1.54, 1.807) is 6.92 Å². The van der Waals surface area contributed by atoms with Crippen molar-refractivity contribution in [2.45, 2.75) is 63.7 Å². The number of carbonyl (C=O) groups excluding carboxylic acids is 1. The van der Waals surface area contributed by atoms with E-state index in [1.807, 2.05) is 6.92 Å². The van der Waals surface area contributed by atoms with Gasteiger partial charge in [-0.15, -0.1) is 0 Å². The number of primary amides is 1. The Kier molecular flexibility index (Phi) is 6.46. The first-order valence-corrected chi connectivity index (χ1v) is 7.60. The predicted molar refractivity (Wildman–Crippen MR) is 75.8 cm³/mol. The number of amides is 1. The van der Waals surface area contributed by atoms with E-state index in [0.717, 1.165) is 6.42 Å². The van der Waals surface area contributed by atoms with Gasteiger partial charge < -0.3 is 11.1 Å². The lowest BCUT2D eigenvalue weighted by atomic mass is 9.77. The molecule has 0 aromatic carbocycles. The highest BCUT2D eigenvalue weighted by molar-refractivity contribution is 5.84. The van der Waals surface area contributed by atoms with Crippen LogP contribution in [0.2, 0.25) is 0 Å². The topological polar surface area (TPSA) is 58.4 Å². The Morgan fingerprint density at radius 2 is 2.10 bits per heavy atom. The summed E-state index contributed by atoms with van der Waals surface area (Å²) in [5.41, 5.74) is 4.67. The summed E-state index contributed by atoms with van der Waals surface area (Å²) in [6.07, 6.45) is -1.04. The zero-order valence-corrected chi connectivity index (χ0v) is 12.8. The van der Waals surface area contributed by atoms with Crippen LogP contribution in [0.3, 0.4) is 0 Å². The number of hydrogen-bond donors (Lipinski definition) is 2. The van der Waals surface area contributed by atoms with Crippen LogP contribution in [0, 0.1) is 0 Å². The van der Waals surface area contributed by atoms with E-state index >= 15 is 0 Å². The van der Waals surface area contributed by atoms with Gasteiger partial charge in [0.15, 0.2) is 0 Å². The van der Waals surface area contributed by atoms with Crippen molar-refractivity contribution in [1.29, 1.82) is 0 Å². The summed E-state index contributed by atoms with van der Waals surface area (Å²) in [6, 6.07) is -0.262. The molecule has 0 aromatic heterocycles. The van der Waals surface area contributed by atoms with Crippen LogP contribution in [-0.2, 0) is 4.79 Å². The number of nitrogens with two attached hydrogens (primary N) is 1. The van der Waals surface area contributed by atoms with Gasteiger partial charge in [0.2, 0.25) is 5.91 Å². The van der Waals surface area contributed by atoms with Crippen molar-refractivity contribution in [2.24, 2.45) is 5.73 Å². The van der Waals surface area contributed by atoms with Gasteiger partial charge in [0, 0.05) is 6.04 Å². The van der Waals surface area contributed by atoms with E-state index in [9.17, 15) is 18.0 Å². The number of halogens is 3. The van der Waals surface area contributed by atoms with Gasteiger partial charge in [0.1, 0.15) is 0 Å². The molecule has 1 amide bonds. The molecule has 1 fully saturated rings. The number of carbonyl (C=O) groups is 1. The summed E-state index contributed by atoms with van der Waals surface area (Å²) in [4.78, 5) is 13.3. The van der Waals surface area contributed by atoms with Crippen molar-refractivity contribution in [3.05, 3.63) is 0 Å². The molecule has 1 aliphatic carbocycles. The molecule has 0 aliphatic heterocycles. The van der Waals surface area contributed by atoms with Crippen LogP contribution in [-0.4, -0.2) is 48.2 Å². The van der Waals surface area contributed by atoms with Gasteiger partial charge in [0.05, 0.1) is 12.1 Å². The quantitative estimate of drug-likeness (QED) is 0.756. The smallest absolute Gasteiger partial charge is 0.368 e. The molecule has 0 heterocycles. The second-order valence-corrected chi connectivity index (χ2v) is 5.80. The highest BCUT2D eigenvalue weighted by Crippen LogP contribution is 2.32. The molecule has 1 aliphatic rings. The van der Waals surface area contributed by atoms with Gasteiger partial charge in [-0.3, -0.25) is 9.69 Å². The molecule has 0 aromatic rings. The summed E-state index contributed by atoms with van der Waals surface area (Å²) >= 11 is 0. The van der Waals surface area contributed by atoms with Crippen molar-refractivity contribution >= 4 is 5.91 Å². The lowest BCUT2D eigenvalue weighted by Crippen LogP contribution is -2.61. The molecule has 1 rings (SSSR count). The van der Waals surface area contributed by atoms with Crippen LogP contribution in [0.4, 0.5) is 13.2 Å². The Balaban J connectivity index is 2.82. The first-order valence-electron chi connectivity index (χ1n) is 7.60. The van der Waals surface area contributed by atoms with Gasteiger partial charge in [-0.25, -0.2) is 0 Å². The summed E-state index contributed by atoms with van der Waals surface area (Å²) in [5, 5.41) is 3.17. The SMILES string of the molecule is CCCNC1(C(N)=O)CCCC(N(CC)CC(F)(F)F)C1. The highest BCUT2D eigenvalue weighted by Gasteiger charge is 2.43. The van der Waals surface area contributed by atoms with Crippen molar-refractivity contribution in [1.82, 2.24) is 10.2 Å². The minimum absolute atomic E-state index is 0.262. The van der Waals surface area contributed by atoms with Crippen LogP contribution in [0.15, 0.2) is 0 Å². The van der Waals surface area contributed by atoms with Crippen molar-refractivity contribution in [3.8, 4) is 0 Å². The third kappa shape index (κ3) is 5.14. The van der Waals surface area contributed by atoms with E-state index in [0.29, 0.717) is 38.8 Å². The Morgan fingerprint density at radius 1 is 1.43 bits per heavy atom. The van der Waals surface area contributed by atoms with Gasteiger partial charge in [0.25, 0.3) is 0 Å². The Hall–Kier alpha value is -0.820. The Bertz CT molecular complexity index is 349. The Labute approximate surface area is 124 Å². The van der Waals surface area contributed by atoms with E-state index in [2.05, 4.69) is 5.32 Å². The molecule has 3 N–H and O–H groups in total. The largest absolute Gasteiger partial charge is 0.401 e. The zero-order chi connectivity index (χ0) is 16.1. The van der Waals surface area contributed by atoms with Crippen LogP contribution >= 0.6 is 0 Å². The Morgan fingerprint density at radius 3 is 2.57 bits per heavy atom. The van der Waals surface area contributed by atoms with Crippen LogP contribution in [0.1, 0.15) is 46.0 Å². The summed E-state index contributed by atoms with van der Waals surface area (Å²) in [5.74, 6) is -0.455. The summed E-state index contributed by atoms with van der Waals surface area (Å²) < 4.78 is 38.0. The van der Waals surface area contributed by atoms with Crippen molar-refractivity contribution < 1.29 is 18.0 Å². The highest BCUT2D eigenvalue weighted by atomic mass is 19.4. The van der Waals surface area contributed by atoms with Crippen LogP contribution in [0.25, 0.3) is 0 Å². The lowest BCUT2D eigenvalue weighted by molar-refractivity contribution is -0.153. The van der Waals surface area contributed by atoms with Crippen molar-refractivity contribution in [2.75, 3.05) is 19.6 Å². The lowest BCUT2D eigenvalue weighted by Gasteiger charge is -2.43. The van der Waals surface area contributed by atoms with E-state index in [4.69, 9.17) is 5.73 Å². The molecule has 7 heteroatoms. The molecular weight excluding hydrogens is 283 g/mol. The number of rotatable bonds is 7. The predicted octanol–water partition coefficient (Wildman–Crippen LogP) is 2.04. The molecule has 0 bridgehead atoms. The molecular formula is C14H26F3N3O. The van der Waals surface area contributed by atoms with Crippen molar-refractivity contribution in [3.63, 3.8) is 0 Å². The molecule has 2 unspecified atom stereocenters. The first-order chi connectivity index (χ1) is 9.74. The molecule has 1 saturated carbocycles. The van der Waals surface area contributed by atoms with Crippen LogP contribution in [0.5, 0.6) is 0 Å². The number of nitrogens with one attached hydrogen (secondary N) is 1. The molecule has 124 valence electrons. The molecule has 0 spiro atoms. The average Bonchev–Trinajstić information content (AvgIpc) is 2.41. The fourth-order valence-corrected chi connectivity index (χ4v) is 3.12. The second-order valence-electron chi connectivity index (χ2n) is 5.80. The fourth-order valence-electron chi connectivity index (χ4n) is 3.12. The van der Waals surface area contributed by atoms with E-state index in [1.165, 1.54) is 4.90 Å². The molecule has 2 atom stereocenters. The third-order valence-corrected chi connectivity index (χ3v) is 4.21. The van der Waals surface area contributed by atoms with Gasteiger partial charge >= 0.3 is 6.18 Å². The van der Waals surface area contributed by atoms with Gasteiger partial charge in [-0.1, -0.05) is 13.8 Å². The maximum atomic E-state index is 12.7. The van der Waals surface area contributed by atoms with Gasteiger partial charge in [-0.2, -0.15) is 13.2 Å². The van der Waals surface area contributed by atoms with E-state index in [-0.39, 0.29) is 6.04 Å².